The SMILES string of the molecule is Cc1ccc(NC(=O)C(=O)NC[C@@H](c2ccc3c(c2)OCO3)N2CCOCC2)c(C)c1. The minimum atomic E-state index is -0.682. The maximum atomic E-state index is 12.5. The number of anilines is 1. The lowest BCUT2D eigenvalue weighted by molar-refractivity contribution is -0.136. The number of nitrogens with one attached hydrogen (secondary N) is 2. The molecule has 0 aromatic heterocycles. The topological polar surface area (TPSA) is 89.1 Å². The molecular formula is C23H27N3O5. The number of fused-ring (bicyclic) bond motifs is 1. The summed E-state index contributed by atoms with van der Waals surface area (Å²) in [5, 5.41) is 5.48. The van der Waals surface area contributed by atoms with Crippen LogP contribution in [-0.2, 0) is 14.3 Å². The number of aryl methyl sites for hydroxylation is 2. The molecule has 4 rings (SSSR count). The van der Waals surface area contributed by atoms with Gasteiger partial charge in [0.05, 0.1) is 19.3 Å². The Hall–Kier alpha value is -3.10. The van der Waals surface area contributed by atoms with Crippen LogP contribution in [0.3, 0.4) is 0 Å². The summed E-state index contributed by atoms with van der Waals surface area (Å²) < 4.78 is 16.4. The van der Waals surface area contributed by atoms with E-state index >= 15 is 0 Å². The van der Waals surface area contributed by atoms with Gasteiger partial charge in [0.1, 0.15) is 0 Å². The number of nitrogens with zero attached hydrogens (tertiary/aromatic N) is 1. The van der Waals surface area contributed by atoms with E-state index in [-0.39, 0.29) is 12.8 Å². The van der Waals surface area contributed by atoms with Crippen LogP contribution in [0, 0.1) is 13.8 Å². The molecule has 2 aliphatic heterocycles. The van der Waals surface area contributed by atoms with E-state index in [1.165, 1.54) is 0 Å². The second-order valence-electron chi connectivity index (χ2n) is 7.76. The van der Waals surface area contributed by atoms with Crippen LogP contribution in [-0.4, -0.2) is 56.4 Å². The highest BCUT2D eigenvalue weighted by Gasteiger charge is 2.26. The zero-order chi connectivity index (χ0) is 21.8. The Bertz CT molecular complexity index is 972. The molecule has 2 heterocycles. The Kier molecular flexibility index (Phi) is 6.39. The van der Waals surface area contributed by atoms with E-state index in [2.05, 4.69) is 15.5 Å². The average Bonchev–Trinajstić information content (AvgIpc) is 3.24. The highest BCUT2D eigenvalue weighted by molar-refractivity contribution is 6.39. The highest BCUT2D eigenvalue weighted by Crippen LogP contribution is 2.35. The second kappa shape index (κ2) is 9.36. The van der Waals surface area contributed by atoms with Crippen LogP contribution >= 0.6 is 0 Å². The number of morpholine rings is 1. The van der Waals surface area contributed by atoms with Crippen LogP contribution in [0.1, 0.15) is 22.7 Å². The van der Waals surface area contributed by atoms with Crippen molar-refractivity contribution in [2.75, 3.05) is 45.0 Å². The maximum Gasteiger partial charge on any atom is 0.313 e. The van der Waals surface area contributed by atoms with Crippen LogP contribution in [0.4, 0.5) is 5.69 Å². The Morgan fingerprint density at radius 2 is 1.77 bits per heavy atom. The lowest BCUT2D eigenvalue weighted by Crippen LogP contribution is -2.45. The van der Waals surface area contributed by atoms with Gasteiger partial charge in [0.25, 0.3) is 0 Å². The monoisotopic (exact) mass is 425 g/mol. The average molecular weight is 425 g/mol. The van der Waals surface area contributed by atoms with Crippen molar-refractivity contribution in [1.29, 1.82) is 0 Å². The summed E-state index contributed by atoms with van der Waals surface area (Å²) in [6.07, 6.45) is 0. The quantitative estimate of drug-likeness (QED) is 0.714. The third kappa shape index (κ3) is 4.98. The van der Waals surface area contributed by atoms with Crippen LogP contribution < -0.4 is 20.1 Å². The zero-order valence-electron chi connectivity index (χ0n) is 17.8. The molecule has 0 aliphatic carbocycles. The van der Waals surface area contributed by atoms with E-state index in [4.69, 9.17) is 14.2 Å². The van der Waals surface area contributed by atoms with Gasteiger partial charge in [0.15, 0.2) is 11.5 Å². The van der Waals surface area contributed by atoms with E-state index in [1.807, 2.05) is 44.2 Å². The van der Waals surface area contributed by atoms with Gasteiger partial charge in [-0.3, -0.25) is 14.5 Å². The van der Waals surface area contributed by atoms with Gasteiger partial charge >= 0.3 is 11.8 Å². The molecular weight excluding hydrogens is 398 g/mol. The predicted octanol–water partition coefficient (Wildman–Crippen LogP) is 2.16. The van der Waals surface area contributed by atoms with Gasteiger partial charge in [-0.25, -0.2) is 0 Å². The molecule has 1 saturated heterocycles. The van der Waals surface area contributed by atoms with E-state index in [0.717, 1.165) is 29.8 Å². The fraction of sp³-hybridized carbons (Fsp3) is 0.391. The van der Waals surface area contributed by atoms with Crippen LogP contribution in [0.2, 0.25) is 0 Å². The van der Waals surface area contributed by atoms with Crippen LogP contribution in [0.25, 0.3) is 0 Å². The lowest BCUT2D eigenvalue weighted by atomic mass is 10.0. The fourth-order valence-electron chi connectivity index (χ4n) is 3.87. The normalized spacial score (nSPS) is 16.6. The maximum absolute atomic E-state index is 12.5. The summed E-state index contributed by atoms with van der Waals surface area (Å²) in [7, 11) is 0. The van der Waals surface area contributed by atoms with Crippen molar-refractivity contribution >= 4 is 17.5 Å². The summed E-state index contributed by atoms with van der Waals surface area (Å²) in [6, 6.07) is 11.3. The summed E-state index contributed by atoms with van der Waals surface area (Å²) in [5.74, 6) is 0.0494. The summed E-state index contributed by atoms with van der Waals surface area (Å²) in [5.41, 5.74) is 3.62. The standard InChI is InChI=1S/C23H27N3O5/c1-15-3-5-18(16(2)11-15)25-23(28)22(27)24-13-19(26-7-9-29-10-8-26)17-4-6-20-21(12-17)31-14-30-20/h3-6,11-12,19H,7-10,13-14H2,1-2H3,(H,24,27)(H,25,28)/t19-/m0/s1. The molecule has 164 valence electrons. The number of hydrogen-bond donors (Lipinski definition) is 2. The van der Waals surface area contributed by atoms with Crippen molar-refractivity contribution in [2.45, 2.75) is 19.9 Å². The summed E-state index contributed by atoms with van der Waals surface area (Å²) >= 11 is 0. The first kappa shape index (κ1) is 21.1. The van der Waals surface area contributed by atoms with E-state index in [0.29, 0.717) is 36.9 Å². The number of carbonyl (C=O) groups is 2. The van der Waals surface area contributed by atoms with Crippen LogP contribution in [0.5, 0.6) is 11.5 Å². The molecule has 0 spiro atoms. The molecule has 0 unspecified atom stereocenters. The van der Waals surface area contributed by atoms with Gasteiger partial charge in [-0.2, -0.15) is 0 Å². The number of carbonyl (C=O) groups excluding carboxylic acids is 2. The number of hydrogen-bond acceptors (Lipinski definition) is 6. The van der Waals surface area contributed by atoms with Crippen LogP contribution in [0.15, 0.2) is 36.4 Å². The first-order valence-corrected chi connectivity index (χ1v) is 10.4. The molecule has 0 radical (unpaired) electrons. The number of rotatable bonds is 5. The fourth-order valence-corrected chi connectivity index (χ4v) is 3.87. The molecule has 2 aromatic rings. The number of ether oxygens (including phenoxy) is 3. The van der Waals surface area contributed by atoms with Gasteiger partial charge in [-0.05, 0) is 43.2 Å². The second-order valence-corrected chi connectivity index (χ2v) is 7.76. The summed E-state index contributed by atoms with van der Waals surface area (Å²) in [4.78, 5) is 27.2. The zero-order valence-corrected chi connectivity index (χ0v) is 17.8. The van der Waals surface area contributed by atoms with Crippen molar-refractivity contribution in [2.24, 2.45) is 0 Å². The molecule has 0 saturated carbocycles. The molecule has 0 bridgehead atoms. The molecule has 2 amide bonds. The third-order valence-corrected chi connectivity index (χ3v) is 5.56. The molecule has 8 nitrogen and oxygen atoms in total. The van der Waals surface area contributed by atoms with Crippen molar-refractivity contribution in [3.8, 4) is 11.5 Å². The largest absolute Gasteiger partial charge is 0.454 e. The lowest BCUT2D eigenvalue weighted by Gasteiger charge is -2.35. The molecule has 1 fully saturated rings. The molecule has 2 aromatic carbocycles. The van der Waals surface area contributed by atoms with Crippen molar-refractivity contribution < 1.29 is 23.8 Å². The minimum absolute atomic E-state index is 0.115. The van der Waals surface area contributed by atoms with E-state index < -0.39 is 11.8 Å². The van der Waals surface area contributed by atoms with Gasteiger partial charge < -0.3 is 24.8 Å². The van der Waals surface area contributed by atoms with E-state index in [9.17, 15) is 9.59 Å². The molecule has 2 aliphatic rings. The van der Waals surface area contributed by atoms with Gasteiger partial charge in [0, 0.05) is 25.3 Å². The Morgan fingerprint density at radius 3 is 2.55 bits per heavy atom. The number of amides is 2. The van der Waals surface area contributed by atoms with E-state index in [1.54, 1.807) is 6.07 Å². The van der Waals surface area contributed by atoms with Crippen molar-refractivity contribution in [1.82, 2.24) is 10.2 Å². The Morgan fingerprint density at radius 1 is 1.00 bits per heavy atom. The first-order valence-electron chi connectivity index (χ1n) is 10.4. The predicted molar refractivity (Wildman–Crippen MR) is 115 cm³/mol. The van der Waals surface area contributed by atoms with Gasteiger partial charge in [-0.15, -0.1) is 0 Å². The molecule has 31 heavy (non-hydrogen) atoms. The minimum Gasteiger partial charge on any atom is -0.454 e. The highest BCUT2D eigenvalue weighted by atomic mass is 16.7. The molecule has 1 atom stereocenters. The Labute approximate surface area is 181 Å². The Balaban J connectivity index is 1.44. The number of benzene rings is 2. The first-order chi connectivity index (χ1) is 15.0. The third-order valence-electron chi connectivity index (χ3n) is 5.56. The molecule has 8 heteroatoms. The van der Waals surface area contributed by atoms with Crippen molar-refractivity contribution in [3.63, 3.8) is 0 Å². The van der Waals surface area contributed by atoms with Gasteiger partial charge in [-0.1, -0.05) is 23.8 Å². The molecule has 2 N–H and O–H groups in total. The van der Waals surface area contributed by atoms with Gasteiger partial charge in [0.2, 0.25) is 6.79 Å². The smallest absolute Gasteiger partial charge is 0.313 e. The van der Waals surface area contributed by atoms with Crippen molar-refractivity contribution in [3.05, 3.63) is 53.1 Å². The summed E-state index contributed by atoms with van der Waals surface area (Å²) in [6.45, 7) is 7.11.